The van der Waals surface area contributed by atoms with Crippen LogP contribution in [0.4, 0.5) is 5.82 Å². The van der Waals surface area contributed by atoms with E-state index < -0.39 is 0 Å². The summed E-state index contributed by atoms with van der Waals surface area (Å²) in [6, 6.07) is 0.769. The van der Waals surface area contributed by atoms with Gasteiger partial charge in [-0.2, -0.15) is 0 Å². The fraction of sp³-hybridized carbons (Fsp3) is 0.667. The maximum atomic E-state index is 5.54. The van der Waals surface area contributed by atoms with Gasteiger partial charge in [0.15, 0.2) is 0 Å². The molecular formula is C12H19N5. The molecule has 2 fully saturated rings. The van der Waals surface area contributed by atoms with Crippen molar-refractivity contribution in [3.63, 3.8) is 0 Å². The predicted molar refractivity (Wildman–Crippen MR) is 66.3 cm³/mol. The van der Waals surface area contributed by atoms with E-state index in [1.165, 1.54) is 32.5 Å². The van der Waals surface area contributed by atoms with E-state index in [4.69, 9.17) is 5.73 Å². The number of fused-ring (bicyclic) bond motifs is 1. The molecule has 2 aliphatic rings. The lowest BCUT2D eigenvalue weighted by Gasteiger charge is -2.37. The largest absolute Gasteiger partial charge is 0.382 e. The number of piperazine rings is 1. The van der Waals surface area contributed by atoms with Gasteiger partial charge < -0.3 is 5.73 Å². The van der Waals surface area contributed by atoms with Gasteiger partial charge in [0.2, 0.25) is 0 Å². The zero-order valence-electron chi connectivity index (χ0n) is 10.0. The number of hydrogen-bond donors (Lipinski definition) is 1. The number of anilines is 1. The minimum Gasteiger partial charge on any atom is -0.382 e. The van der Waals surface area contributed by atoms with E-state index in [0.29, 0.717) is 5.82 Å². The Morgan fingerprint density at radius 1 is 1.24 bits per heavy atom. The van der Waals surface area contributed by atoms with Crippen LogP contribution in [-0.4, -0.2) is 52.0 Å². The van der Waals surface area contributed by atoms with Gasteiger partial charge in [-0.05, 0) is 19.4 Å². The van der Waals surface area contributed by atoms with Crippen LogP contribution in [-0.2, 0) is 6.54 Å². The van der Waals surface area contributed by atoms with Crippen LogP contribution >= 0.6 is 0 Å². The van der Waals surface area contributed by atoms with Crippen LogP contribution in [0.15, 0.2) is 12.4 Å². The van der Waals surface area contributed by atoms with Gasteiger partial charge in [0.1, 0.15) is 5.82 Å². The average molecular weight is 233 g/mol. The molecule has 1 atom stereocenters. The molecule has 0 amide bonds. The number of rotatable bonds is 2. The van der Waals surface area contributed by atoms with Gasteiger partial charge >= 0.3 is 0 Å². The molecule has 5 nitrogen and oxygen atoms in total. The number of nitrogens with two attached hydrogens (primary N) is 1. The molecule has 0 spiro atoms. The number of nitrogens with zero attached hydrogens (tertiary/aromatic N) is 4. The van der Waals surface area contributed by atoms with Crippen molar-refractivity contribution in [3.05, 3.63) is 18.1 Å². The first-order valence-electron chi connectivity index (χ1n) is 6.34. The number of hydrogen-bond acceptors (Lipinski definition) is 5. The monoisotopic (exact) mass is 233 g/mol. The summed E-state index contributed by atoms with van der Waals surface area (Å²) in [6.45, 7) is 5.71. The second kappa shape index (κ2) is 4.58. The van der Waals surface area contributed by atoms with Crippen molar-refractivity contribution in [1.82, 2.24) is 19.8 Å². The Bertz CT molecular complexity index is 377. The summed E-state index contributed by atoms with van der Waals surface area (Å²) >= 11 is 0. The van der Waals surface area contributed by atoms with Gasteiger partial charge in [-0.3, -0.25) is 14.8 Å². The second-order valence-corrected chi connectivity index (χ2v) is 5.00. The Morgan fingerprint density at radius 2 is 2.18 bits per heavy atom. The number of nitrogen functional groups attached to an aromatic ring is 1. The van der Waals surface area contributed by atoms with E-state index in [1.807, 2.05) is 0 Å². The highest BCUT2D eigenvalue weighted by Crippen LogP contribution is 2.22. The lowest BCUT2D eigenvalue weighted by atomic mass is 10.1. The van der Waals surface area contributed by atoms with Crippen LogP contribution in [0.3, 0.4) is 0 Å². The van der Waals surface area contributed by atoms with Crippen molar-refractivity contribution < 1.29 is 0 Å². The molecule has 5 heteroatoms. The molecule has 0 aliphatic carbocycles. The van der Waals surface area contributed by atoms with Crippen LogP contribution < -0.4 is 5.73 Å². The summed E-state index contributed by atoms with van der Waals surface area (Å²) in [7, 11) is 0. The summed E-state index contributed by atoms with van der Waals surface area (Å²) in [5, 5.41) is 0. The van der Waals surface area contributed by atoms with E-state index in [9.17, 15) is 0 Å². The Balaban J connectivity index is 1.60. The lowest BCUT2D eigenvalue weighted by Crippen LogP contribution is -2.49. The van der Waals surface area contributed by atoms with Gasteiger partial charge in [-0.15, -0.1) is 0 Å². The zero-order chi connectivity index (χ0) is 11.7. The Hall–Kier alpha value is -1.20. The van der Waals surface area contributed by atoms with Crippen LogP contribution in [0.1, 0.15) is 18.5 Å². The van der Waals surface area contributed by atoms with Gasteiger partial charge in [0.05, 0.1) is 18.1 Å². The standard InChI is InChI=1S/C12H19N5/c13-12-7-14-10(6-15-12)8-16-4-5-17-3-1-2-11(17)9-16/h6-7,11H,1-5,8-9H2,(H2,13,15). The molecule has 92 valence electrons. The fourth-order valence-electron chi connectivity index (χ4n) is 2.87. The van der Waals surface area contributed by atoms with E-state index >= 15 is 0 Å². The summed E-state index contributed by atoms with van der Waals surface area (Å²) in [4.78, 5) is 13.5. The van der Waals surface area contributed by atoms with E-state index in [2.05, 4.69) is 19.8 Å². The van der Waals surface area contributed by atoms with Gasteiger partial charge in [0.25, 0.3) is 0 Å². The molecule has 1 aromatic heterocycles. The molecule has 1 unspecified atom stereocenters. The highest BCUT2D eigenvalue weighted by Gasteiger charge is 2.30. The highest BCUT2D eigenvalue weighted by molar-refractivity contribution is 5.22. The summed E-state index contributed by atoms with van der Waals surface area (Å²) < 4.78 is 0. The third-order valence-corrected chi connectivity index (χ3v) is 3.78. The van der Waals surface area contributed by atoms with Crippen LogP contribution in [0.2, 0.25) is 0 Å². The highest BCUT2D eigenvalue weighted by atomic mass is 15.3. The molecule has 17 heavy (non-hydrogen) atoms. The van der Waals surface area contributed by atoms with Crippen molar-refractivity contribution in [3.8, 4) is 0 Å². The van der Waals surface area contributed by atoms with Crippen molar-refractivity contribution >= 4 is 5.82 Å². The maximum absolute atomic E-state index is 5.54. The Labute approximate surface area is 102 Å². The summed E-state index contributed by atoms with van der Waals surface area (Å²) in [5.41, 5.74) is 6.56. The molecule has 0 radical (unpaired) electrons. The SMILES string of the molecule is Nc1cnc(CN2CCN3CCCC3C2)cn1. The Morgan fingerprint density at radius 3 is 3.00 bits per heavy atom. The minimum atomic E-state index is 0.495. The molecule has 0 aromatic carbocycles. The topological polar surface area (TPSA) is 58.3 Å². The smallest absolute Gasteiger partial charge is 0.141 e. The molecule has 2 aliphatic heterocycles. The molecule has 3 rings (SSSR count). The molecule has 3 heterocycles. The first-order valence-corrected chi connectivity index (χ1v) is 6.34. The molecule has 2 saturated heterocycles. The Kier molecular flexibility index (Phi) is 2.94. The fourth-order valence-corrected chi connectivity index (χ4v) is 2.87. The van der Waals surface area contributed by atoms with Crippen molar-refractivity contribution in [1.29, 1.82) is 0 Å². The van der Waals surface area contributed by atoms with Crippen LogP contribution in [0, 0.1) is 0 Å². The number of aromatic nitrogens is 2. The van der Waals surface area contributed by atoms with E-state index in [1.54, 1.807) is 12.4 Å². The third-order valence-electron chi connectivity index (χ3n) is 3.78. The van der Waals surface area contributed by atoms with E-state index in [0.717, 1.165) is 24.8 Å². The van der Waals surface area contributed by atoms with Crippen LogP contribution in [0.5, 0.6) is 0 Å². The quantitative estimate of drug-likeness (QED) is 0.798. The van der Waals surface area contributed by atoms with Gasteiger partial charge in [-0.1, -0.05) is 0 Å². The molecular weight excluding hydrogens is 214 g/mol. The van der Waals surface area contributed by atoms with Gasteiger partial charge in [-0.25, -0.2) is 4.98 Å². The third kappa shape index (κ3) is 2.40. The van der Waals surface area contributed by atoms with Crippen LogP contribution in [0.25, 0.3) is 0 Å². The molecule has 0 saturated carbocycles. The molecule has 0 bridgehead atoms. The lowest BCUT2D eigenvalue weighted by molar-refractivity contribution is 0.0984. The first-order chi connectivity index (χ1) is 8.31. The first kappa shape index (κ1) is 10.9. The van der Waals surface area contributed by atoms with Crippen molar-refractivity contribution in [2.45, 2.75) is 25.4 Å². The van der Waals surface area contributed by atoms with Crippen molar-refractivity contribution in [2.24, 2.45) is 0 Å². The summed E-state index contributed by atoms with van der Waals surface area (Å²) in [6.07, 6.45) is 6.14. The normalized spacial score (nSPS) is 26.0. The molecule has 2 N–H and O–H groups in total. The zero-order valence-corrected chi connectivity index (χ0v) is 10.0. The second-order valence-electron chi connectivity index (χ2n) is 5.00. The molecule has 1 aromatic rings. The predicted octanol–water partition coefficient (Wildman–Crippen LogP) is 0.339. The van der Waals surface area contributed by atoms with Crippen molar-refractivity contribution in [2.75, 3.05) is 31.9 Å². The minimum absolute atomic E-state index is 0.495. The average Bonchev–Trinajstić information content (AvgIpc) is 2.79. The van der Waals surface area contributed by atoms with Gasteiger partial charge in [0, 0.05) is 32.2 Å². The maximum Gasteiger partial charge on any atom is 0.141 e. The van der Waals surface area contributed by atoms with E-state index in [-0.39, 0.29) is 0 Å². The summed E-state index contributed by atoms with van der Waals surface area (Å²) in [5.74, 6) is 0.495.